The van der Waals surface area contributed by atoms with Crippen LogP contribution < -0.4 is 11.1 Å². The zero-order chi connectivity index (χ0) is 14.4. The number of aromatic nitrogens is 1. The number of nitrogens with two attached hydrogens (primary N) is 1. The number of thiazole rings is 1. The van der Waals surface area contributed by atoms with Crippen LogP contribution in [0.5, 0.6) is 0 Å². The molecule has 1 atom stereocenters. The standard InChI is InChI=1S/C13H24N4OS/c1-5-7-15-13-16-11(14)10(19-13)12(18)17(4)8-9(3)6-2/h9H,5-8,14H2,1-4H3,(H,15,16). The maximum Gasteiger partial charge on any atom is 0.267 e. The van der Waals surface area contributed by atoms with Gasteiger partial charge < -0.3 is 16.0 Å². The molecule has 0 fully saturated rings. The molecule has 1 rings (SSSR count). The Morgan fingerprint density at radius 3 is 2.79 bits per heavy atom. The van der Waals surface area contributed by atoms with E-state index in [1.165, 1.54) is 11.3 Å². The van der Waals surface area contributed by atoms with Crippen LogP contribution in [0.1, 0.15) is 43.3 Å². The summed E-state index contributed by atoms with van der Waals surface area (Å²) >= 11 is 1.33. The average molecular weight is 284 g/mol. The molecular formula is C13H24N4OS. The van der Waals surface area contributed by atoms with Crippen LogP contribution in [0, 0.1) is 5.92 Å². The summed E-state index contributed by atoms with van der Waals surface area (Å²) in [6.45, 7) is 7.91. The third-order valence-electron chi connectivity index (χ3n) is 3.00. The fourth-order valence-corrected chi connectivity index (χ4v) is 2.55. The quantitative estimate of drug-likeness (QED) is 0.807. The van der Waals surface area contributed by atoms with Gasteiger partial charge in [-0.1, -0.05) is 38.5 Å². The van der Waals surface area contributed by atoms with Gasteiger partial charge in [-0.3, -0.25) is 4.79 Å². The predicted molar refractivity (Wildman–Crippen MR) is 81.7 cm³/mol. The first kappa shape index (κ1) is 15.8. The van der Waals surface area contributed by atoms with Crippen LogP contribution >= 0.6 is 11.3 Å². The molecule has 0 spiro atoms. The first-order valence-corrected chi connectivity index (χ1v) is 7.56. The Hall–Kier alpha value is -1.30. The lowest BCUT2D eigenvalue weighted by molar-refractivity contribution is 0.0780. The number of anilines is 2. The van der Waals surface area contributed by atoms with Crippen molar-refractivity contribution in [3.05, 3.63) is 4.88 Å². The third kappa shape index (κ3) is 4.38. The molecule has 0 radical (unpaired) electrons. The van der Waals surface area contributed by atoms with Crippen LogP contribution in [0.25, 0.3) is 0 Å². The van der Waals surface area contributed by atoms with Crippen molar-refractivity contribution >= 4 is 28.2 Å². The summed E-state index contributed by atoms with van der Waals surface area (Å²) in [5.74, 6) is 0.769. The Morgan fingerprint density at radius 1 is 1.53 bits per heavy atom. The van der Waals surface area contributed by atoms with Gasteiger partial charge in [-0.2, -0.15) is 0 Å². The van der Waals surface area contributed by atoms with Gasteiger partial charge in [-0.25, -0.2) is 4.98 Å². The number of nitrogens with one attached hydrogen (secondary N) is 1. The Morgan fingerprint density at radius 2 is 2.21 bits per heavy atom. The molecule has 0 aliphatic carbocycles. The van der Waals surface area contributed by atoms with E-state index in [0.717, 1.165) is 31.1 Å². The number of amides is 1. The zero-order valence-corrected chi connectivity index (χ0v) is 13.0. The van der Waals surface area contributed by atoms with Gasteiger partial charge in [0.15, 0.2) is 5.13 Å². The molecule has 19 heavy (non-hydrogen) atoms. The maximum atomic E-state index is 12.3. The summed E-state index contributed by atoms with van der Waals surface area (Å²) in [6, 6.07) is 0. The molecular weight excluding hydrogens is 260 g/mol. The zero-order valence-electron chi connectivity index (χ0n) is 12.2. The van der Waals surface area contributed by atoms with Crippen molar-refractivity contribution in [3.63, 3.8) is 0 Å². The fourth-order valence-electron chi connectivity index (χ4n) is 1.65. The minimum absolute atomic E-state index is 0.0418. The van der Waals surface area contributed by atoms with E-state index in [1.807, 2.05) is 7.05 Å². The fraction of sp³-hybridized carbons (Fsp3) is 0.692. The second kappa shape index (κ2) is 7.33. The monoisotopic (exact) mass is 284 g/mol. The largest absolute Gasteiger partial charge is 0.382 e. The van der Waals surface area contributed by atoms with Crippen LogP contribution in [-0.2, 0) is 0 Å². The molecule has 0 saturated heterocycles. The van der Waals surface area contributed by atoms with E-state index in [0.29, 0.717) is 16.6 Å². The predicted octanol–water partition coefficient (Wildman–Crippen LogP) is 2.67. The van der Waals surface area contributed by atoms with E-state index in [-0.39, 0.29) is 5.91 Å². The molecule has 1 unspecified atom stereocenters. The van der Waals surface area contributed by atoms with Crippen molar-refractivity contribution in [2.45, 2.75) is 33.6 Å². The van der Waals surface area contributed by atoms with Gasteiger partial charge in [-0.05, 0) is 12.3 Å². The van der Waals surface area contributed by atoms with Crippen LogP contribution in [0.15, 0.2) is 0 Å². The van der Waals surface area contributed by atoms with E-state index in [2.05, 4.69) is 31.1 Å². The van der Waals surface area contributed by atoms with Gasteiger partial charge in [-0.15, -0.1) is 0 Å². The lowest BCUT2D eigenvalue weighted by atomic mass is 10.1. The van der Waals surface area contributed by atoms with Crippen molar-refractivity contribution in [2.75, 3.05) is 31.2 Å². The van der Waals surface area contributed by atoms with Crippen LogP contribution in [-0.4, -0.2) is 35.9 Å². The molecule has 0 aliphatic heterocycles. The molecule has 0 aliphatic rings. The average Bonchev–Trinajstić information content (AvgIpc) is 2.76. The van der Waals surface area contributed by atoms with Gasteiger partial charge in [0, 0.05) is 20.1 Å². The minimum atomic E-state index is -0.0418. The number of rotatable bonds is 7. The first-order chi connectivity index (χ1) is 8.99. The van der Waals surface area contributed by atoms with Gasteiger partial charge in [0.05, 0.1) is 0 Å². The number of carbonyl (C=O) groups is 1. The molecule has 1 amide bonds. The highest BCUT2D eigenvalue weighted by atomic mass is 32.1. The maximum absolute atomic E-state index is 12.3. The topological polar surface area (TPSA) is 71.2 Å². The van der Waals surface area contributed by atoms with Crippen molar-refractivity contribution in [1.82, 2.24) is 9.88 Å². The molecule has 108 valence electrons. The molecule has 5 nitrogen and oxygen atoms in total. The van der Waals surface area contributed by atoms with Crippen LogP contribution in [0.2, 0.25) is 0 Å². The summed E-state index contributed by atoms with van der Waals surface area (Å²) < 4.78 is 0. The van der Waals surface area contributed by atoms with E-state index >= 15 is 0 Å². The highest BCUT2D eigenvalue weighted by molar-refractivity contribution is 7.18. The minimum Gasteiger partial charge on any atom is -0.382 e. The molecule has 0 aromatic carbocycles. The van der Waals surface area contributed by atoms with Crippen molar-refractivity contribution in [1.29, 1.82) is 0 Å². The third-order valence-corrected chi connectivity index (χ3v) is 4.02. The van der Waals surface area contributed by atoms with Crippen molar-refractivity contribution < 1.29 is 4.79 Å². The normalized spacial score (nSPS) is 12.2. The Labute approximate surface area is 119 Å². The molecule has 1 aromatic heterocycles. The Bertz CT molecular complexity index is 419. The molecule has 6 heteroatoms. The van der Waals surface area contributed by atoms with Gasteiger partial charge in [0.25, 0.3) is 5.91 Å². The van der Waals surface area contributed by atoms with E-state index in [4.69, 9.17) is 5.73 Å². The molecule has 1 heterocycles. The molecule has 1 aromatic rings. The van der Waals surface area contributed by atoms with Crippen molar-refractivity contribution in [2.24, 2.45) is 5.92 Å². The highest BCUT2D eigenvalue weighted by Gasteiger charge is 2.20. The van der Waals surface area contributed by atoms with Gasteiger partial charge >= 0.3 is 0 Å². The highest BCUT2D eigenvalue weighted by Crippen LogP contribution is 2.26. The first-order valence-electron chi connectivity index (χ1n) is 6.75. The number of nitrogen functional groups attached to an aromatic ring is 1. The molecule has 0 bridgehead atoms. The SMILES string of the molecule is CCCNc1nc(N)c(C(=O)N(C)CC(C)CC)s1. The summed E-state index contributed by atoms with van der Waals surface area (Å²) in [4.78, 5) is 18.7. The Balaban J connectivity index is 2.73. The van der Waals surface area contributed by atoms with E-state index < -0.39 is 0 Å². The van der Waals surface area contributed by atoms with Gasteiger partial charge in [0.2, 0.25) is 0 Å². The number of nitrogens with zero attached hydrogens (tertiary/aromatic N) is 2. The molecule has 0 saturated carbocycles. The lowest BCUT2D eigenvalue weighted by Gasteiger charge is -2.20. The number of carbonyl (C=O) groups excluding carboxylic acids is 1. The van der Waals surface area contributed by atoms with E-state index in [9.17, 15) is 4.79 Å². The summed E-state index contributed by atoms with van der Waals surface area (Å²) in [6.07, 6.45) is 2.07. The number of hydrogen-bond donors (Lipinski definition) is 2. The summed E-state index contributed by atoms with van der Waals surface area (Å²) in [5, 5.41) is 3.88. The van der Waals surface area contributed by atoms with E-state index in [1.54, 1.807) is 4.90 Å². The second-order valence-corrected chi connectivity index (χ2v) is 5.86. The molecule has 3 N–H and O–H groups in total. The Kier molecular flexibility index (Phi) is 6.08. The van der Waals surface area contributed by atoms with Crippen molar-refractivity contribution in [3.8, 4) is 0 Å². The van der Waals surface area contributed by atoms with Crippen LogP contribution in [0.4, 0.5) is 10.9 Å². The van der Waals surface area contributed by atoms with Gasteiger partial charge in [0.1, 0.15) is 10.7 Å². The summed E-state index contributed by atoms with van der Waals surface area (Å²) in [5.41, 5.74) is 5.83. The summed E-state index contributed by atoms with van der Waals surface area (Å²) in [7, 11) is 1.81. The second-order valence-electron chi connectivity index (χ2n) is 4.86. The lowest BCUT2D eigenvalue weighted by Crippen LogP contribution is -2.30. The van der Waals surface area contributed by atoms with Crippen LogP contribution in [0.3, 0.4) is 0 Å². The smallest absolute Gasteiger partial charge is 0.267 e. The number of hydrogen-bond acceptors (Lipinski definition) is 5.